The van der Waals surface area contributed by atoms with Gasteiger partial charge >= 0.3 is 0 Å². The van der Waals surface area contributed by atoms with Crippen LogP contribution in [-0.4, -0.2) is 19.1 Å². The van der Waals surface area contributed by atoms with Crippen molar-refractivity contribution in [1.82, 2.24) is 19.1 Å². The van der Waals surface area contributed by atoms with Crippen LogP contribution in [0.4, 0.5) is 0 Å². The standard InChI is InChI=1S/C48H28N4O/c1-7-17-41-33(11-1)34-12-2-8-18-42(34)51(41)32-23-21-29-27-44-38(26-31(29)25-32)35-13-3-9-19-43(35)52(44)48-47(49-39-15-5-6-16-40(39)50-48)30-22-24-37-36-14-4-10-20-45(36)53-46(37)28-30/h1-28H. The van der Waals surface area contributed by atoms with Crippen molar-refractivity contribution < 1.29 is 4.42 Å². The Balaban J connectivity index is 1.12. The molecule has 0 unspecified atom stereocenters. The minimum absolute atomic E-state index is 0.784. The molecule has 246 valence electrons. The van der Waals surface area contributed by atoms with Gasteiger partial charge in [0.1, 0.15) is 16.9 Å². The maximum absolute atomic E-state index is 6.35. The molecule has 0 aliphatic rings. The van der Waals surface area contributed by atoms with E-state index in [0.29, 0.717) is 0 Å². The smallest absolute Gasteiger partial charge is 0.165 e. The molecule has 4 aromatic heterocycles. The number of benzene rings is 8. The van der Waals surface area contributed by atoms with E-state index < -0.39 is 0 Å². The molecular formula is C48H28N4O. The maximum Gasteiger partial charge on any atom is 0.165 e. The van der Waals surface area contributed by atoms with E-state index in [4.69, 9.17) is 14.4 Å². The third-order valence-corrected chi connectivity index (χ3v) is 10.9. The lowest BCUT2D eigenvalue weighted by atomic mass is 10.0. The zero-order valence-corrected chi connectivity index (χ0v) is 28.4. The van der Waals surface area contributed by atoms with Gasteiger partial charge in [-0.1, -0.05) is 97.1 Å². The summed E-state index contributed by atoms with van der Waals surface area (Å²) in [5.41, 5.74) is 10.9. The van der Waals surface area contributed by atoms with E-state index in [-0.39, 0.29) is 0 Å². The molecule has 0 amide bonds. The Labute approximate surface area is 302 Å². The van der Waals surface area contributed by atoms with Crippen LogP contribution in [0.5, 0.6) is 0 Å². The first-order valence-corrected chi connectivity index (χ1v) is 17.9. The molecule has 0 saturated heterocycles. The predicted octanol–water partition coefficient (Wildman–Crippen LogP) is 12.5. The Morgan fingerprint density at radius 3 is 1.74 bits per heavy atom. The van der Waals surface area contributed by atoms with E-state index in [0.717, 1.165) is 72.2 Å². The molecule has 4 heterocycles. The van der Waals surface area contributed by atoms with E-state index >= 15 is 0 Å². The average molecular weight is 677 g/mol. The Morgan fingerprint density at radius 2 is 0.981 bits per heavy atom. The SMILES string of the molecule is c1ccc2nc(-n3c4ccccc4c4cc5cc(-n6c7ccccc7c7ccccc76)ccc5cc43)c(-c3ccc4c(c3)oc3ccccc34)nc2c1. The lowest BCUT2D eigenvalue weighted by Gasteiger charge is -2.14. The van der Waals surface area contributed by atoms with Crippen LogP contribution in [-0.2, 0) is 0 Å². The molecule has 0 bridgehead atoms. The van der Waals surface area contributed by atoms with Crippen LogP contribution in [0.25, 0.3) is 110 Å². The number of aromatic nitrogens is 4. The zero-order chi connectivity index (χ0) is 34.6. The second kappa shape index (κ2) is 10.6. The first kappa shape index (κ1) is 28.5. The number of furan rings is 1. The monoisotopic (exact) mass is 676 g/mol. The van der Waals surface area contributed by atoms with Crippen LogP contribution < -0.4 is 0 Å². The summed E-state index contributed by atoms with van der Waals surface area (Å²) in [5, 5.41) is 9.38. The van der Waals surface area contributed by atoms with Gasteiger partial charge in [-0.05, 0) is 83.6 Å². The largest absolute Gasteiger partial charge is 0.456 e. The Hall–Kier alpha value is -7.24. The number of nitrogens with zero attached hydrogens (tertiary/aromatic N) is 4. The third-order valence-electron chi connectivity index (χ3n) is 10.9. The number of hydrogen-bond acceptors (Lipinski definition) is 3. The summed E-state index contributed by atoms with van der Waals surface area (Å²) in [4.78, 5) is 10.7. The van der Waals surface area contributed by atoms with Crippen molar-refractivity contribution in [3.8, 4) is 22.8 Å². The quantitative estimate of drug-likeness (QED) is 0.187. The summed E-state index contributed by atoms with van der Waals surface area (Å²) in [6.45, 7) is 0. The summed E-state index contributed by atoms with van der Waals surface area (Å²) >= 11 is 0. The van der Waals surface area contributed by atoms with Gasteiger partial charge in [0.2, 0.25) is 0 Å². The van der Waals surface area contributed by atoms with E-state index in [1.165, 1.54) is 38.0 Å². The fourth-order valence-corrected chi connectivity index (χ4v) is 8.48. The minimum atomic E-state index is 0.784. The fourth-order valence-electron chi connectivity index (χ4n) is 8.48. The Kier molecular flexibility index (Phi) is 5.71. The Bertz CT molecular complexity index is 3420. The van der Waals surface area contributed by atoms with Gasteiger partial charge < -0.3 is 8.98 Å². The van der Waals surface area contributed by atoms with Crippen molar-refractivity contribution in [2.45, 2.75) is 0 Å². The van der Waals surface area contributed by atoms with Gasteiger partial charge in [-0.2, -0.15) is 0 Å². The molecule has 0 radical (unpaired) electrons. The predicted molar refractivity (Wildman–Crippen MR) is 218 cm³/mol. The molecule has 0 aliphatic heterocycles. The van der Waals surface area contributed by atoms with Gasteiger partial charge in [-0.15, -0.1) is 0 Å². The van der Waals surface area contributed by atoms with Crippen LogP contribution in [0.2, 0.25) is 0 Å². The highest BCUT2D eigenvalue weighted by molar-refractivity contribution is 6.15. The lowest BCUT2D eigenvalue weighted by molar-refractivity contribution is 0.669. The summed E-state index contributed by atoms with van der Waals surface area (Å²) in [6.07, 6.45) is 0. The van der Waals surface area contributed by atoms with Crippen LogP contribution >= 0.6 is 0 Å². The maximum atomic E-state index is 6.35. The molecule has 5 heteroatoms. The van der Waals surface area contributed by atoms with Gasteiger partial charge in [0.15, 0.2) is 5.82 Å². The highest BCUT2D eigenvalue weighted by atomic mass is 16.3. The van der Waals surface area contributed by atoms with Crippen LogP contribution in [0, 0.1) is 0 Å². The van der Waals surface area contributed by atoms with Gasteiger partial charge in [0, 0.05) is 43.6 Å². The highest BCUT2D eigenvalue weighted by Gasteiger charge is 2.21. The zero-order valence-electron chi connectivity index (χ0n) is 28.4. The second-order valence-electron chi connectivity index (χ2n) is 13.8. The number of fused-ring (bicyclic) bond motifs is 11. The topological polar surface area (TPSA) is 48.8 Å². The highest BCUT2D eigenvalue weighted by Crippen LogP contribution is 2.40. The first-order chi connectivity index (χ1) is 26.3. The minimum Gasteiger partial charge on any atom is -0.456 e. The van der Waals surface area contributed by atoms with Crippen molar-refractivity contribution >= 4 is 87.4 Å². The van der Waals surface area contributed by atoms with Crippen molar-refractivity contribution in [2.75, 3.05) is 0 Å². The fraction of sp³-hybridized carbons (Fsp3) is 0. The number of rotatable bonds is 3. The molecular weight excluding hydrogens is 649 g/mol. The second-order valence-corrected chi connectivity index (χ2v) is 13.8. The van der Waals surface area contributed by atoms with Crippen molar-refractivity contribution in [3.63, 3.8) is 0 Å². The van der Waals surface area contributed by atoms with Crippen molar-refractivity contribution in [2.24, 2.45) is 0 Å². The van der Waals surface area contributed by atoms with E-state index in [1.54, 1.807) is 0 Å². The molecule has 0 atom stereocenters. The molecule has 5 nitrogen and oxygen atoms in total. The molecule has 8 aromatic carbocycles. The molecule has 53 heavy (non-hydrogen) atoms. The van der Waals surface area contributed by atoms with Gasteiger partial charge in [0.25, 0.3) is 0 Å². The van der Waals surface area contributed by atoms with E-state index in [1.807, 2.05) is 36.4 Å². The number of para-hydroxylation sites is 6. The molecule has 12 aromatic rings. The lowest BCUT2D eigenvalue weighted by Crippen LogP contribution is -2.03. The third kappa shape index (κ3) is 4.07. The first-order valence-electron chi connectivity index (χ1n) is 17.9. The van der Waals surface area contributed by atoms with E-state index in [9.17, 15) is 0 Å². The van der Waals surface area contributed by atoms with Crippen molar-refractivity contribution in [1.29, 1.82) is 0 Å². The van der Waals surface area contributed by atoms with Gasteiger partial charge in [-0.25, -0.2) is 9.97 Å². The molecule has 12 rings (SSSR count). The molecule has 0 spiro atoms. The van der Waals surface area contributed by atoms with Crippen LogP contribution in [0.15, 0.2) is 174 Å². The normalized spacial score (nSPS) is 12.2. The average Bonchev–Trinajstić information content (AvgIpc) is 3.86. The Morgan fingerprint density at radius 1 is 0.377 bits per heavy atom. The van der Waals surface area contributed by atoms with Crippen LogP contribution in [0.1, 0.15) is 0 Å². The molecule has 0 aliphatic carbocycles. The molecule has 0 saturated carbocycles. The van der Waals surface area contributed by atoms with Crippen LogP contribution in [0.3, 0.4) is 0 Å². The van der Waals surface area contributed by atoms with Gasteiger partial charge in [-0.3, -0.25) is 4.57 Å². The van der Waals surface area contributed by atoms with Gasteiger partial charge in [0.05, 0.1) is 33.1 Å². The summed E-state index contributed by atoms with van der Waals surface area (Å²) in [5.74, 6) is 0.784. The number of hydrogen-bond donors (Lipinski definition) is 0. The molecule has 0 N–H and O–H groups in total. The van der Waals surface area contributed by atoms with E-state index in [2.05, 4.69) is 143 Å². The summed E-state index contributed by atoms with van der Waals surface area (Å²) in [6, 6.07) is 60.1. The van der Waals surface area contributed by atoms with Crippen molar-refractivity contribution in [3.05, 3.63) is 170 Å². The summed E-state index contributed by atoms with van der Waals surface area (Å²) in [7, 11) is 0. The summed E-state index contributed by atoms with van der Waals surface area (Å²) < 4.78 is 11.0. The molecule has 0 fully saturated rings.